The summed E-state index contributed by atoms with van der Waals surface area (Å²) >= 11 is 9.67. The lowest BCUT2D eigenvalue weighted by molar-refractivity contribution is 0.495. The summed E-state index contributed by atoms with van der Waals surface area (Å²) in [7, 11) is 0. The maximum absolute atomic E-state index is 6.33. The number of aryl methyl sites for hydroxylation is 1. The molecule has 0 aliphatic rings. The molecule has 0 saturated heterocycles. The Bertz CT molecular complexity index is 847. The number of hydrogen-bond donors (Lipinski definition) is 2. The van der Waals surface area contributed by atoms with Crippen LogP contribution in [0.15, 0.2) is 17.6 Å². The predicted molar refractivity (Wildman–Crippen MR) is 117 cm³/mol. The molecule has 3 N–H and O–H groups in total. The van der Waals surface area contributed by atoms with Crippen LogP contribution in [0.2, 0.25) is 5.15 Å². The third-order valence-electron chi connectivity index (χ3n) is 4.08. The van der Waals surface area contributed by atoms with Crippen molar-refractivity contribution in [3.8, 4) is 0 Å². The molecule has 3 rings (SSSR count). The molecule has 3 heterocycles. The van der Waals surface area contributed by atoms with Crippen molar-refractivity contribution in [1.82, 2.24) is 9.97 Å². The van der Waals surface area contributed by atoms with E-state index in [1.807, 2.05) is 17.6 Å². The van der Waals surface area contributed by atoms with Crippen LogP contribution < -0.4 is 11.1 Å². The van der Waals surface area contributed by atoms with Crippen LogP contribution in [0.1, 0.15) is 35.7 Å². The first-order valence-corrected chi connectivity index (χ1v) is 10.5. The van der Waals surface area contributed by atoms with Gasteiger partial charge in [-0.1, -0.05) is 25.4 Å². The molecule has 0 bridgehead atoms. The molecule has 0 fully saturated rings. The van der Waals surface area contributed by atoms with Crippen LogP contribution in [0.4, 0.5) is 5.69 Å². The third kappa shape index (κ3) is 5.08. The van der Waals surface area contributed by atoms with Crippen molar-refractivity contribution in [2.45, 2.75) is 46.2 Å². The van der Waals surface area contributed by atoms with E-state index in [-0.39, 0.29) is 18.4 Å². The zero-order chi connectivity index (χ0) is 18.0. The second-order valence-corrected chi connectivity index (χ2v) is 9.17. The molecule has 0 saturated carbocycles. The van der Waals surface area contributed by atoms with Gasteiger partial charge in [-0.25, -0.2) is 9.97 Å². The molecule has 0 amide bonds. The molecular weight excluding hydrogens is 407 g/mol. The number of thiazole rings is 1. The van der Waals surface area contributed by atoms with E-state index in [2.05, 4.69) is 36.1 Å². The minimum absolute atomic E-state index is 0. The number of nitrogens with one attached hydrogen (secondary N) is 1. The van der Waals surface area contributed by atoms with E-state index in [1.54, 1.807) is 22.7 Å². The number of nitrogens with zero attached hydrogens (tertiary/aromatic N) is 2. The number of thiophene rings is 1. The Labute approximate surface area is 173 Å². The number of aromatic nitrogens is 2. The van der Waals surface area contributed by atoms with Gasteiger partial charge < -0.3 is 11.1 Å². The van der Waals surface area contributed by atoms with Gasteiger partial charge in [-0.05, 0) is 31.2 Å². The van der Waals surface area contributed by atoms with Crippen molar-refractivity contribution < 1.29 is 0 Å². The molecule has 142 valence electrons. The molecule has 0 aliphatic heterocycles. The fraction of sp³-hybridized carbons (Fsp3) is 0.444. The van der Waals surface area contributed by atoms with E-state index < -0.39 is 0 Å². The maximum Gasteiger partial charge on any atom is 0.131 e. The van der Waals surface area contributed by atoms with Crippen molar-refractivity contribution >= 4 is 62.6 Å². The number of rotatable bonds is 7. The first-order valence-electron chi connectivity index (χ1n) is 8.40. The van der Waals surface area contributed by atoms with E-state index in [4.69, 9.17) is 17.3 Å². The summed E-state index contributed by atoms with van der Waals surface area (Å²) in [5.74, 6) is 0.604. The topological polar surface area (TPSA) is 63.8 Å². The highest BCUT2D eigenvalue weighted by Crippen LogP contribution is 2.37. The Morgan fingerprint density at radius 1 is 1.35 bits per heavy atom. The minimum atomic E-state index is 0. The van der Waals surface area contributed by atoms with Gasteiger partial charge in [-0.15, -0.1) is 35.1 Å². The largest absolute Gasteiger partial charge is 0.377 e. The summed E-state index contributed by atoms with van der Waals surface area (Å²) < 4.78 is 1.14. The number of pyridine rings is 1. The van der Waals surface area contributed by atoms with E-state index in [1.165, 1.54) is 10.4 Å². The molecule has 8 heteroatoms. The summed E-state index contributed by atoms with van der Waals surface area (Å²) in [6, 6.07) is 2.07. The smallest absolute Gasteiger partial charge is 0.131 e. The van der Waals surface area contributed by atoms with E-state index in [0.717, 1.165) is 33.8 Å². The Kier molecular flexibility index (Phi) is 7.67. The molecule has 0 aromatic carbocycles. The first kappa shape index (κ1) is 21.4. The molecule has 3 aromatic heterocycles. The fourth-order valence-corrected chi connectivity index (χ4v) is 5.04. The monoisotopic (exact) mass is 430 g/mol. The van der Waals surface area contributed by atoms with Crippen LogP contribution in [-0.2, 0) is 13.0 Å². The predicted octanol–water partition coefficient (Wildman–Crippen LogP) is 5.66. The average Bonchev–Trinajstić information content (AvgIpc) is 3.14. The quantitative estimate of drug-likeness (QED) is 0.474. The van der Waals surface area contributed by atoms with Crippen LogP contribution in [-0.4, -0.2) is 16.0 Å². The SMILES string of the molecule is Cc1c(C[C@@H](N)CC(C)C)sc2c(NCc3nccs3)cc(Cl)nc12.Cl. The minimum Gasteiger partial charge on any atom is -0.377 e. The number of nitrogens with two attached hydrogens (primary N) is 1. The standard InChI is InChI=1S/C18H23ClN4S2.ClH/c1-10(2)6-12(20)7-14-11(3)17-18(25-14)13(8-15(19)23-17)22-9-16-21-4-5-24-16;/h4-5,8,10,12H,6-7,9,20H2,1-3H3,(H,22,23);1H/t12-;/m0./s1. The summed E-state index contributed by atoms with van der Waals surface area (Å²) in [5.41, 5.74) is 9.51. The fourth-order valence-electron chi connectivity index (χ4n) is 2.96. The average molecular weight is 431 g/mol. The van der Waals surface area contributed by atoms with Gasteiger partial charge in [0.25, 0.3) is 0 Å². The van der Waals surface area contributed by atoms with Crippen LogP contribution in [0, 0.1) is 12.8 Å². The summed E-state index contributed by atoms with van der Waals surface area (Å²) in [6.07, 6.45) is 3.73. The van der Waals surface area contributed by atoms with Crippen LogP contribution in [0.5, 0.6) is 0 Å². The number of halogens is 2. The molecule has 1 atom stereocenters. The number of hydrogen-bond acceptors (Lipinski definition) is 6. The van der Waals surface area contributed by atoms with Gasteiger partial charge in [0.2, 0.25) is 0 Å². The lowest BCUT2D eigenvalue weighted by atomic mass is 10.0. The van der Waals surface area contributed by atoms with Gasteiger partial charge in [0, 0.05) is 28.6 Å². The molecule has 0 aliphatic carbocycles. The Morgan fingerprint density at radius 2 is 2.12 bits per heavy atom. The van der Waals surface area contributed by atoms with Crippen molar-refractivity contribution in [3.63, 3.8) is 0 Å². The van der Waals surface area contributed by atoms with Crippen LogP contribution in [0.3, 0.4) is 0 Å². The van der Waals surface area contributed by atoms with E-state index >= 15 is 0 Å². The van der Waals surface area contributed by atoms with Crippen molar-refractivity contribution in [1.29, 1.82) is 0 Å². The highest BCUT2D eigenvalue weighted by Gasteiger charge is 2.17. The van der Waals surface area contributed by atoms with Crippen LogP contribution in [0.25, 0.3) is 10.2 Å². The van der Waals surface area contributed by atoms with Crippen molar-refractivity contribution in [3.05, 3.63) is 38.2 Å². The lowest BCUT2D eigenvalue weighted by Gasteiger charge is -2.13. The third-order valence-corrected chi connectivity index (χ3v) is 6.39. The first-order chi connectivity index (χ1) is 11.9. The molecule has 0 radical (unpaired) electrons. The maximum atomic E-state index is 6.33. The molecule has 0 unspecified atom stereocenters. The highest BCUT2D eigenvalue weighted by molar-refractivity contribution is 7.19. The summed E-state index contributed by atoms with van der Waals surface area (Å²) in [4.78, 5) is 10.2. The Morgan fingerprint density at radius 3 is 2.77 bits per heavy atom. The second-order valence-electron chi connectivity index (χ2n) is 6.69. The Balaban J connectivity index is 0.00000243. The second kappa shape index (κ2) is 9.33. The number of anilines is 1. The highest BCUT2D eigenvalue weighted by atomic mass is 35.5. The van der Waals surface area contributed by atoms with Gasteiger partial charge >= 0.3 is 0 Å². The normalized spacial score (nSPS) is 12.4. The van der Waals surface area contributed by atoms with Gasteiger partial charge in [-0.2, -0.15) is 0 Å². The van der Waals surface area contributed by atoms with E-state index in [0.29, 0.717) is 17.6 Å². The van der Waals surface area contributed by atoms with Gasteiger partial charge in [0.15, 0.2) is 0 Å². The van der Waals surface area contributed by atoms with Gasteiger partial charge in [-0.3, -0.25) is 0 Å². The molecule has 26 heavy (non-hydrogen) atoms. The lowest BCUT2D eigenvalue weighted by Crippen LogP contribution is -2.24. The van der Waals surface area contributed by atoms with Crippen molar-refractivity contribution in [2.24, 2.45) is 11.7 Å². The van der Waals surface area contributed by atoms with E-state index in [9.17, 15) is 0 Å². The van der Waals surface area contributed by atoms with Gasteiger partial charge in [0.05, 0.1) is 22.4 Å². The molecule has 3 aromatic rings. The molecule has 4 nitrogen and oxygen atoms in total. The molecule has 0 spiro atoms. The zero-order valence-electron chi connectivity index (χ0n) is 15.1. The summed E-state index contributed by atoms with van der Waals surface area (Å²) in [6.45, 7) is 7.22. The number of fused-ring (bicyclic) bond motifs is 1. The zero-order valence-corrected chi connectivity index (χ0v) is 18.3. The van der Waals surface area contributed by atoms with Crippen molar-refractivity contribution in [2.75, 3.05) is 5.32 Å². The molecular formula is C18H24Cl2N4S2. The summed E-state index contributed by atoms with van der Waals surface area (Å²) in [5, 5.41) is 7.00. The van der Waals surface area contributed by atoms with Crippen LogP contribution >= 0.6 is 46.7 Å². The van der Waals surface area contributed by atoms with Gasteiger partial charge in [0.1, 0.15) is 10.2 Å². The Hall–Kier alpha value is -0.920.